The summed E-state index contributed by atoms with van der Waals surface area (Å²) in [6, 6.07) is 0. The topological polar surface area (TPSA) is 4.44 Å². The summed E-state index contributed by atoms with van der Waals surface area (Å²) in [5.74, 6) is 0. The lowest BCUT2D eigenvalue weighted by Crippen LogP contribution is -3.01. The third kappa shape index (κ3) is 3.67. The average molecular weight is 171 g/mol. The highest BCUT2D eigenvalue weighted by Crippen LogP contribution is 1.95. The van der Waals surface area contributed by atoms with Crippen LogP contribution >= 0.6 is 0 Å². The molecule has 0 aromatic rings. The van der Waals surface area contributed by atoms with Crippen molar-refractivity contribution in [3.8, 4) is 0 Å². The second-order valence-corrected chi connectivity index (χ2v) is 3.25. The zero-order valence-electron chi connectivity index (χ0n) is 7.94. The van der Waals surface area contributed by atoms with Crippen LogP contribution in [0.5, 0.6) is 0 Å². The maximum atomic E-state index is 2.29. The quantitative estimate of drug-likeness (QED) is 0.491. The van der Waals surface area contributed by atoms with Gasteiger partial charge in [-0.15, -0.1) is 0 Å². The van der Waals surface area contributed by atoms with Crippen LogP contribution in [-0.2, 0) is 0 Å². The summed E-state index contributed by atoms with van der Waals surface area (Å²) in [5.41, 5.74) is 1.40. The molecule has 0 spiro atoms. The van der Waals surface area contributed by atoms with Crippen LogP contribution in [0.2, 0.25) is 0 Å². The summed E-state index contributed by atoms with van der Waals surface area (Å²) in [6.07, 6.45) is 10.8. The molecule has 1 unspecified atom stereocenters. The van der Waals surface area contributed by atoms with Crippen molar-refractivity contribution in [1.29, 1.82) is 0 Å². The largest absolute Gasteiger partial charge is 1.00 e. The van der Waals surface area contributed by atoms with Gasteiger partial charge in [0, 0.05) is 5.57 Å². The van der Waals surface area contributed by atoms with Crippen molar-refractivity contribution >= 4 is 0 Å². The number of unbranched alkanes of at least 4 members (excludes halogenated alkanes) is 2. The highest BCUT2D eigenvalue weighted by molar-refractivity contribution is 5.14. The molecule has 12 heavy (non-hydrogen) atoms. The van der Waals surface area contributed by atoms with E-state index in [-0.39, 0.29) is 4.70 Å². The predicted molar refractivity (Wildman–Crippen MR) is 48.3 cm³/mol. The Bertz CT molecular complexity index is 173. The first-order valence-electron chi connectivity index (χ1n) is 4.55. The third-order valence-corrected chi connectivity index (χ3v) is 2.04. The van der Waals surface area contributed by atoms with E-state index in [2.05, 4.69) is 32.3 Å². The smallest absolute Gasteiger partial charge is 0.102 e. The fourth-order valence-electron chi connectivity index (χ4n) is 1.36. The fraction of sp³-hybridized carbons (Fsp3) is 0.600. The van der Waals surface area contributed by atoms with Crippen LogP contribution in [0.1, 0.15) is 33.1 Å². The van der Waals surface area contributed by atoms with E-state index in [1.165, 1.54) is 36.3 Å². The van der Waals surface area contributed by atoms with Crippen LogP contribution < -0.4 is 9.60 Å². The van der Waals surface area contributed by atoms with Crippen molar-refractivity contribution in [2.45, 2.75) is 33.1 Å². The second-order valence-electron chi connectivity index (χ2n) is 3.25. The molecule has 0 aromatic heterocycles. The summed E-state index contributed by atoms with van der Waals surface area (Å²) in [6.45, 7) is 5.67. The standard InChI is InChI=1S/C10H17N.FH/c1-3-4-5-7-11-8-6-10(2)9-11;/h6,8-9H,3-5,7H2,1-2H3;1H. The molecule has 0 fully saturated rings. The van der Waals surface area contributed by atoms with Crippen LogP contribution in [-0.4, -0.2) is 6.54 Å². The maximum Gasteiger partial charge on any atom is 0.102 e. The van der Waals surface area contributed by atoms with Crippen molar-refractivity contribution in [2.24, 2.45) is 0 Å². The molecule has 0 aromatic carbocycles. The number of hydrogen-bond donors (Lipinski definition) is 1. The Balaban J connectivity index is 0.00000121. The Labute approximate surface area is 74.1 Å². The van der Waals surface area contributed by atoms with E-state index < -0.39 is 0 Å². The summed E-state index contributed by atoms with van der Waals surface area (Å²) in [5, 5.41) is 0. The van der Waals surface area contributed by atoms with Crippen LogP contribution in [0.4, 0.5) is 0 Å². The summed E-state index contributed by atoms with van der Waals surface area (Å²) in [7, 11) is 0. The first kappa shape index (κ1) is 11.4. The SMILES string of the molecule is CCCCC[NH+]1C=CC(C)=C1.[F-]. The van der Waals surface area contributed by atoms with E-state index in [1.807, 2.05) is 0 Å². The van der Waals surface area contributed by atoms with Crippen molar-refractivity contribution in [2.75, 3.05) is 6.54 Å². The number of quaternary nitrogens is 1. The highest BCUT2D eigenvalue weighted by atomic mass is 19.0. The lowest BCUT2D eigenvalue weighted by atomic mass is 10.2. The Morgan fingerprint density at radius 1 is 1.33 bits per heavy atom. The maximum absolute atomic E-state index is 2.29. The number of allylic oxidation sites excluding steroid dienone is 2. The number of halogens is 1. The Morgan fingerprint density at radius 2 is 2.08 bits per heavy atom. The molecule has 0 aliphatic carbocycles. The molecule has 1 N–H and O–H groups in total. The van der Waals surface area contributed by atoms with E-state index in [4.69, 9.17) is 0 Å². The minimum Gasteiger partial charge on any atom is -1.00 e. The molecule has 1 aliphatic rings. The monoisotopic (exact) mass is 171 g/mol. The van der Waals surface area contributed by atoms with E-state index in [0.717, 1.165) is 0 Å². The zero-order chi connectivity index (χ0) is 8.10. The molecule has 70 valence electrons. The molecular weight excluding hydrogens is 153 g/mol. The fourth-order valence-corrected chi connectivity index (χ4v) is 1.36. The van der Waals surface area contributed by atoms with E-state index in [9.17, 15) is 0 Å². The van der Waals surface area contributed by atoms with Crippen molar-refractivity contribution in [3.63, 3.8) is 0 Å². The molecule has 0 saturated heterocycles. The summed E-state index contributed by atoms with van der Waals surface area (Å²) in [4.78, 5) is 1.51. The second kappa shape index (κ2) is 5.95. The van der Waals surface area contributed by atoms with Gasteiger partial charge in [0.25, 0.3) is 0 Å². The van der Waals surface area contributed by atoms with Gasteiger partial charge >= 0.3 is 0 Å². The van der Waals surface area contributed by atoms with Gasteiger partial charge in [-0.2, -0.15) is 0 Å². The van der Waals surface area contributed by atoms with Crippen LogP contribution in [0, 0.1) is 0 Å². The minimum atomic E-state index is 0. The van der Waals surface area contributed by atoms with Crippen LogP contribution in [0.15, 0.2) is 24.0 Å². The van der Waals surface area contributed by atoms with Crippen molar-refractivity contribution in [3.05, 3.63) is 24.0 Å². The highest BCUT2D eigenvalue weighted by Gasteiger charge is 2.06. The average Bonchev–Trinajstić information content (AvgIpc) is 2.37. The van der Waals surface area contributed by atoms with Gasteiger partial charge in [0.1, 0.15) is 6.20 Å². The van der Waals surface area contributed by atoms with E-state index in [1.54, 1.807) is 0 Å². The summed E-state index contributed by atoms with van der Waals surface area (Å²) >= 11 is 0. The molecule has 0 bridgehead atoms. The molecule has 0 saturated carbocycles. The molecule has 1 aliphatic heterocycles. The first-order valence-corrected chi connectivity index (χ1v) is 4.55. The number of nitrogens with one attached hydrogen (secondary N) is 1. The van der Waals surface area contributed by atoms with Crippen molar-refractivity contribution < 1.29 is 9.60 Å². The first-order chi connectivity index (χ1) is 5.33. The van der Waals surface area contributed by atoms with Gasteiger partial charge in [0.05, 0.1) is 12.7 Å². The Hall–Kier alpha value is -0.630. The summed E-state index contributed by atoms with van der Waals surface area (Å²) < 4.78 is 0. The minimum absolute atomic E-state index is 0. The Kier molecular flexibility index (Phi) is 5.64. The van der Waals surface area contributed by atoms with Gasteiger partial charge in [-0.3, -0.25) is 4.90 Å². The molecule has 1 heterocycles. The van der Waals surface area contributed by atoms with Gasteiger partial charge in [0.2, 0.25) is 0 Å². The lowest BCUT2D eigenvalue weighted by molar-refractivity contribution is -0.788. The molecule has 2 heteroatoms. The zero-order valence-corrected chi connectivity index (χ0v) is 7.94. The number of hydrogen-bond acceptors (Lipinski definition) is 0. The molecule has 1 atom stereocenters. The van der Waals surface area contributed by atoms with Crippen LogP contribution in [0.3, 0.4) is 0 Å². The molecule has 1 rings (SSSR count). The predicted octanol–water partition coefficient (Wildman–Crippen LogP) is -1.50. The normalized spacial score (nSPS) is 20.5. The lowest BCUT2D eigenvalue weighted by Gasteiger charge is -2.04. The van der Waals surface area contributed by atoms with Crippen LogP contribution in [0.25, 0.3) is 0 Å². The third-order valence-electron chi connectivity index (χ3n) is 2.04. The van der Waals surface area contributed by atoms with Gasteiger partial charge in [-0.1, -0.05) is 13.3 Å². The van der Waals surface area contributed by atoms with Gasteiger partial charge in [-0.05, 0) is 25.8 Å². The number of rotatable bonds is 4. The molecule has 1 nitrogen and oxygen atoms in total. The van der Waals surface area contributed by atoms with Crippen molar-refractivity contribution in [1.82, 2.24) is 0 Å². The van der Waals surface area contributed by atoms with Gasteiger partial charge < -0.3 is 4.70 Å². The van der Waals surface area contributed by atoms with Gasteiger partial charge in [-0.25, -0.2) is 0 Å². The van der Waals surface area contributed by atoms with Gasteiger partial charge in [0.15, 0.2) is 0 Å². The Morgan fingerprint density at radius 3 is 2.58 bits per heavy atom. The van der Waals surface area contributed by atoms with E-state index in [0.29, 0.717) is 0 Å². The molecule has 0 amide bonds. The molecule has 0 radical (unpaired) electrons. The molecular formula is C10H18FN. The van der Waals surface area contributed by atoms with E-state index >= 15 is 0 Å².